The van der Waals surface area contributed by atoms with Crippen LogP contribution >= 0.6 is 0 Å². The average molecular weight is 1110 g/mol. The molecule has 0 saturated carbocycles. The van der Waals surface area contributed by atoms with Gasteiger partial charge in [0.2, 0.25) is 31.8 Å². The Labute approximate surface area is 420 Å². The zero-order chi connectivity index (χ0) is 55.2. The molecule has 0 bridgehead atoms. The van der Waals surface area contributed by atoms with Gasteiger partial charge in [-0.15, -0.1) is 10.2 Å². The third-order valence-corrected chi connectivity index (χ3v) is 15.0. The highest BCUT2D eigenvalue weighted by molar-refractivity contribution is 7.89. The van der Waals surface area contributed by atoms with Crippen LogP contribution in [-0.2, 0) is 55.0 Å². The molecule has 75 heavy (non-hydrogen) atoms. The quantitative estimate of drug-likeness (QED) is 0.111. The SMILES string of the molecule is COc1nn(-c2ccc(C(F)(F)F)nc2)cc1CCC(=O)[C@@H]1C[C@@H](F)CN1S(=O)(=O)c1ccc(F)cc1.COc1nn(-c2ccc(C(F)(F)F)nc2)cc1CN.O=C(O)[C@@H]1C[C@@H](F)CN1S(=O)(=O)c1ccc(F)cc1. The van der Waals surface area contributed by atoms with Gasteiger partial charge >= 0.3 is 18.3 Å². The minimum absolute atomic E-state index is 0.0496. The number of aromatic nitrogens is 6. The molecule has 2 aliphatic heterocycles. The van der Waals surface area contributed by atoms with Crippen LogP contribution in [0, 0.1) is 11.6 Å². The van der Waals surface area contributed by atoms with E-state index in [4.69, 9.17) is 20.3 Å². The molecule has 6 heterocycles. The van der Waals surface area contributed by atoms with Crippen LogP contribution in [-0.4, -0.2) is 124 Å². The van der Waals surface area contributed by atoms with E-state index in [1.54, 1.807) is 6.20 Å². The number of aliphatic carboxylic acids is 1. The van der Waals surface area contributed by atoms with E-state index in [0.717, 1.165) is 77.4 Å². The Morgan fingerprint density at radius 2 is 1.05 bits per heavy atom. The molecule has 4 atom stereocenters. The maximum absolute atomic E-state index is 14.2. The van der Waals surface area contributed by atoms with Gasteiger partial charge < -0.3 is 20.3 Å². The van der Waals surface area contributed by atoms with Crippen LogP contribution in [0.15, 0.2) is 107 Å². The number of ether oxygens (including phenoxy) is 2. The fourth-order valence-corrected chi connectivity index (χ4v) is 10.8. The van der Waals surface area contributed by atoms with E-state index in [0.29, 0.717) is 27.0 Å². The molecule has 0 spiro atoms. The summed E-state index contributed by atoms with van der Waals surface area (Å²) in [5.41, 5.74) is 5.18. The monoisotopic (exact) mass is 1110 g/mol. The highest BCUT2D eigenvalue weighted by Crippen LogP contribution is 2.33. The van der Waals surface area contributed by atoms with Crippen molar-refractivity contribution in [2.75, 3.05) is 27.3 Å². The molecule has 0 unspecified atom stereocenters. The topological polar surface area (TPSA) is 235 Å². The first-order valence-corrected chi connectivity index (χ1v) is 24.7. The van der Waals surface area contributed by atoms with Crippen molar-refractivity contribution in [3.05, 3.63) is 132 Å². The van der Waals surface area contributed by atoms with E-state index in [-0.39, 0.29) is 53.6 Å². The number of alkyl halides is 8. The molecule has 0 radical (unpaired) electrons. The van der Waals surface area contributed by atoms with Gasteiger partial charge in [-0.05, 0) is 79.2 Å². The smallest absolute Gasteiger partial charge is 0.433 e. The van der Waals surface area contributed by atoms with Crippen molar-refractivity contribution >= 4 is 31.8 Å². The van der Waals surface area contributed by atoms with E-state index < -0.39 is 105 Å². The van der Waals surface area contributed by atoms with E-state index in [1.807, 2.05) is 0 Å². The first kappa shape index (κ1) is 57.3. The molecule has 2 saturated heterocycles. The summed E-state index contributed by atoms with van der Waals surface area (Å²) in [5.74, 6) is -2.74. The minimum atomic E-state index is -4.59. The van der Waals surface area contributed by atoms with Gasteiger partial charge in [0, 0.05) is 62.4 Å². The second kappa shape index (κ2) is 23.3. The lowest BCUT2D eigenvalue weighted by Crippen LogP contribution is -2.40. The largest absolute Gasteiger partial charge is 0.480 e. The molecule has 0 aliphatic carbocycles. The molecule has 2 aliphatic rings. The van der Waals surface area contributed by atoms with Crippen LogP contribution in [0.3, 0.4) is 0 Å². The Kier molecular flexibility index (Phi) is 17.8. The number of aryl methyl sites for hydroxylation is 1. The molecule has 4 aromatic heterocycles. The molecular weight excluding hydrogens is 1060 g/mol. The molecule has 30 heteroatoms. The lowest BCUT2D eigenvalue weighted by Gasteiger charge is -2.22. The minimum Gasteiger partial charge on any atom is -0.480 e. The molecule has 404 valence electrons. The average Bonchev–Trinajstić information content (AvgIpc) is 4.18. The first-order valence-electron chi connectivity index (χ1n) is 21.8. The van der Waals surface area contributed by atoms with E-state index in [2.05, 4.69) is 20.2 Å². The summed E-state index contributed by atoms with van der Waals surface area (Å²) in [6.45, 7) is -0.786. The van der Waals surface area contributed by atoms with Crippen LogP contribution in [0.25, 0.3) is 11.4 Å². The third kappa shape index (κ3) is 13.6. The predicted octanol–water partition coefficient (Wildman–Crippen LogP) is 6.50. The van der Waals surface area contributed by atoms with Gasteiger partial charge in [0.15, 0.2) is 5.78 Å². The molecule has 3 N–H and O–H groups in total. The Hall–Kier alpha value is -7.02. The standard InChI is InChI=1S/C23H21F5N4O4S.C11H11F3N4O.C11H11F2NO4S/c1-36-22-14(12-31(30-22)17-5-9-21(29-11-17)23(26,27)28)2-8-20(33)19-10-16(25)13-32(19)37(34,35)18-6-3-15(24)4-7-18;1-19-10-7(4-15)6-18(17-10)8-2-3-9(16-5-8)11(12,13)14;12-7-1-3-9(4-2-7)19(17,18)14-6-8(13)5-10(14)11(15)16/h3-7,9,11-12,16,19H,2,8,10,13H2,1H3;2-3,5-6H,4,15H2,1H3;1-4,8,10H,5-6H2,(H,15,16)/t16-,19+;;8-,10+/m1.1/s1. The molecular formula is C45H43F10N9O9S2. The van der Waals surface area contributed by atoms with Crippen molar-refractivity contribution in [1.29, 1.82) is 0 Å². The maximum Gasteiger partial charge on any atom is 0.433 e. The molecule has 18 nitrogen and oxygen atoms in total. The highest BCUT2D eigenvalue weighted by Gasteiger charge is 2.45. The number of carboxylic acids is 1. The fourth-order valence-electron chi connectivity index (χ4n) is 7.56. The van der Waals surface area contributed by atoms with Gasteiger partial charge in [-0.25, -0.2) is 53.7 Å². The number of carboxylic acid groups (broad SMARTS) is 1. The zero-order valence-corrected chi connectivity index (χ0v) is 40.6. The number of rotatable bonds is 14. The molecule has 8 rings (SSSR count). The van der Waals surface area contributed by atoms with Crippen LogP contribution in [0.2, 0.25) is 0 Å². The number of carbonyl (C=O) groups is 2. The molecule has 6 aromatic rings. The summed E-state index contributed by atoms with van der Waals surface area (Å²) < 4.78 is 194. The van der Waals surface area contributed by atoms with E-state index >= 15 is 0 Å². The number of nitrogens with two attached hydrogens (primary N) is 1. The summed E-state index contributed by atoms with van der Waals surface area (Å²) >= 11 is 0. The van der Waals surface area contributed by atoms with Crippen LogP contribution in [0.1, 0.15) is 41.8 Å². The number of ketones is 1. The summed E-state index contributed by atoms with van der Waals surface area (Å²) in [6.07, 6.45) is -7.82. The second-order valence-corrected chi connectivity index (χ2v) is 20.1. The lowest BCUT2D eigenvalue weighted by molar-refractivity contribution is -0.141. The Bertz CT molecular complexity index is 3140. The number of Topliss-reactive ketones (excluding diaryl/α,β-unsaturated/α-hetero) is 1. The number of nitrogens with zero attached hydrogens (tertiary/aromatic N) is 8. The van der Waals surface area contributed by atoms with Crippen molar-refractivity contribution in [2.45, 2.75) is 78.8 Å². The Morgan fingerprint density at radius 1 is 0.653 bits per heavy atom. The molecule has 2 aromatic carbocycles. The van der Waals surface area contributed by atoms with Gasteiger partial charge in [-0.2, -0.15) is 35.0 Å². The number of halogens is 10. The lowest BCUT2D eigenvalue weighted by atomic mass is 10.0. The van der Waals surface area contributed by atoms with Crippen LogP contribution in [0.4, 0.5) is 43.9 Å². The summed E-state index contributed by atoms with van der Waals surface area (Å²) in [4.78, 5) is 30.2. The first-order chi connectivity index (χ1) is 35.2. The Morgan fingerprint density at radius 3 is 1.41 bits per heavy atom. The number of carbonyl (C=O) groups excluding carboxylic acids is 1. The number of hydrogen-bond donors (Lipinski definition) is 2. The fraction of sp³-hybridized carbons (Fsp3) is 0.333. The van der Waals surface area contributed by atoms with Crippen molar-refractivity contribution < 1.29 is 84.9 Å². The third-order valence-electron chi connectivity index (χ3n) is 11.3. The van der Waals surface area contributed by atoms with Gasteiger partial charge in [0.05, 0.1) is 53.8 Å². The number of benzene rings is 2. The summed E-state index contributed by atoms with van der Waals surface area (Å²) in [7, 11) is -5.62. The summed E-state index contributed by atoms with van der Waals surface area (Å²) in [5, 5.41) is 17.1. The van der Waals surface area contributed by atoms with E-state index in [1.165, 1.54) is 41.9 Å². The normalized spacial score (nSPS) is 18.4. The van der Waals surface area contributed by atoms with Gasteiger partial charge in [-0.1, -0.05) is 0 Å². The van der Waals surface area contributed by atoms with Crippen molar-refractivity contribution in [2.24, 2.45) is 5.73 Å². The van der Waals surface area contributed by atoms with Crippen LogP contribution < -0.4 is 15.2 Å². The number of pyridine rings is 2. The highest BCUT2D eigenvalue weighted by atomic mass is 32.2. The maximum atomic E-state index is 14.2. The zero-order valence-electron chi connectivity index (χ0n) is 39.0. The van der Waals surface area contributed by atoms with Gasteiger partial charge in [-0.3, -0.25) is 9.59 Å². The number of methoxy groups -OCH3 is 2. The van der Waals surface area contributed by atoms with Gasteiger partial charge in [0.1, 0.15) is 41.4 Å². The predicted molar refractivity (Wildman–Crippen MR) is 242 cm³/mol. The second-order valence-electron chi connectivity index (χ2n) is 16.3. The van der Waals surface area contributed by atoms with Crippen molar-refractivity contribution in [1.82, 2.24) is 38.1 Å². The molecule has 2 fully saturated rings. The van der Waals surface area contributed by atoms with E-state index in [9.17, 15) is 70.3 Å². The van der Waals surface area contributed by atoms with Gasteiger partial charge in [0.25, 0.3) is 0 Å². The van der Waals surface area contributed by atoms with Crippen molar-refractivity contribution in [3.63, 3.8) is 0 Å². The number of sulfonamides is 2. The number of hydrogen-bond acceptors (Lipinski definition) is 13. The Balaban J connectivity index is 0.000000202. The summed E-state index contributed by atoms with van der Waals surface area (Å²) in [6, 6.07) is 9.45. The van der Waals surface area contributed by atoms with Crippen molar-refractivity contribution in [3.8, 4) is 23.1 Å². The molecule has 0 amide bonds. The van der Waals surface area contributed by atoms with Crippen LogP contribution in [0.5, 0.6) is 11.8 Å².